The van der Waals surface area contributed by atoms with Crippen LogP contribution in [-0.2, 0) is 21.4 Å². The first-order valence-corrected chi connectivity index (χ1v) is 9.00. The molecule has 0 saturated carbocycles. The van der Waals surface area contributed by atoms with Gasteiger partial charge in [-0.25, -0.2) is 10.2 Å². The second-order valence-electron chi connectivity index (χ2n) is 6.49. The first kappa shape index (κ1) is 17.7. The molecule has 8 heteroatoms. The first-order chi connectivity index (χ1) is 10.7. The van der Waals surface area contributed by atoms with Crippen molar-refractivity contribution >= 4 is 16.3 Å². The number of amides is 1. The van der Waals surface area contributed by atoms with Crippen LogP contribution in [-0.4, -0.2) is 20.1 Å². The van der Waals surface area contributed by atoms with Crippen LogP contribution in [0.2, 0.25) is 0 Å². The van der Waals surface area contributed by atoms with E-state index in [0.29, 0.717) is 6.42 Å². The van der Waals surface area contributed by atoms with Crippen LogP contribution in [0.3, 0.4) is 0 Å². The van der Waals surface area contributed by atoms with Crippen molar-refractivity contribution in [2.45, 2.75) is 51.7 Å². The molecule has 3 N–H and O–H groups in total. The maximum atomic E-state index is 12.1. The molecule has 0 spiro atoms. The number of benzene rings is 1. The first-order valence-electron chi connectivity index (χ1n) is 7.52. The van der Waals surface area contributed by atoms with Crippen molar-refractivity contribution in [1.29, 1.82) is 0 Å². The Labute approximate surface area is 137 Å². The third kappa shape index (κ3) is 5.49. The fraction of sp³-hybridized carbons (Fsp3) is 0.533. The van der Waals surface area contributed by atoms with E-state index < -0.39 is 21.9 Å². The molecule has 7 nitrogen and oxygen atoms in total. The molecule has 0 aromatic heterocycles. The highest BCUT2D eigenvalue weighted by atomic mass is 32.2. The Bertz CT molecular complexity index is 668. The Morgan fingerprint density at radius 2 is 1.96 bits per heavy atom. The van der Waals surface area contributed by atoms with Gasteiger partial charge in [0.1, 0.15) is 5.60 Å². The Morgan fingerprint density at radius 3 is 2.65 bits per heavy atom. The molecule has 128 valence electrons. The van der Waals surface area contributed by atoms with Gasteiger partial charge >= 0.3 is 6.09 Å². The molecular formula is C15H23N3O4S. The summed E-state index contributed by atoms with van der Waals surface area (Å²) in [5.74, 6) is 0. The number of fused-ring (bicyclic) bond motifs is 1. The predicted molar refractivity (Wildman–Crippen MR) is 86.7 cm³/mol. The minimum atomic E-state index is -3.89. The van der Waals surface area contributed by atoms with E-state index in [2.05, 4.69) is 4.72 Å². The van der Waals surface area contributed by atoms with E-state index in [-0.39, 0.29) is 6.04 Å². The molecule has 0 bridgehead atoms. The highest BCUT2D eigenvalue weighted by Gasteiger charge is 2.25. The number of aryl methyl sites for hydroxylation is 1. The topological polar surface area (TPSA) is 96.5 Å². The van der Waals surface area contributed by atoms with Gasteiger partial charge in [-0.1, -0.05) is 24.3 Å². The van der Waals surface area contributed by atoms with E-state index in [9.17, 15) is 13.2 Å². The van der Waals surface area contributed by atoms with Crippen LogP contribution in [0.25, 0.3) is 0 Å². The number of hydrazine groups is 1. The SMILES string of the molecule is CC(C)(C)OC(=O)NNS(=O)(=O)NC1CCCc2ccccc21. The normalized spacial score (nSPS) is 18.1. The van der Waals surface area contributed by atoms with Crippen molar-refractivity contribution < 1.29 is 17.9 Å². The summed E-state index contributed by atoms with van der Waals surface area (Å²) in [4.78, 5) is 13.5. The lowest BCUT2D eigenvalue weighted by Gasteiger charge is -2.26. The number of ether oxygens (including phenoxy) is 1. The average Bonchev–Trinajstić information content (AvgIpc) is 2.44. The van der Waals surface area contributed by atoms with E-state index in [1.807, 2.05) is 34.5 Å². The van der Waals surface area contributed by atoms with E-state index >= 15 is 0 Å². The monoisotopic (exact) mass is 341 g/mol. The third-order valence-corrected chi connectivity index (χ3v) is 4.32. The van der Waals surface area contributed by atoms with Crippen LogP contribution in [0.15, 0.2) is 24.3 Å². The van der Waals surface area contributed by atoms with Gasteiger partial charge < -0.3 is 4.74 Å². The fourth-order valence-corrected chi connectivity index (χ4v) is 3.40. The van der Waals surface area contributed by atoms with Gasteiger partial charge in [-0.15, -0.1) is 4.83 Å². The molecule has 1 atom stereocenters. The number of carbonyl (C=O) groups excluding carboxylic acids is 1. The van der Waals surface area contributed by atoms with Gasteiger partial charge in [-0.3, -0.25) is 0 Å². The summed E-state index contributed by atoms with van der Waals surface area (Å²) in [6.07, 6.45) is 1.71. The number of hydrogen-bond donors (Lipinski definition) is 3. The van der Waals surface area contributed by atoms with Gasteiger partial charge in [0.05, 0.1) is 0 Å². The fourth-order valence-electron chi connectivity index (χ4n) is 2.51. The van der Waals surface area contributed by atoms with Gasteiger partial charge in [-0.2, -0.15) is 13.1 Å². The Balaban J connectivity index is 1.96. The van der Waals surface area contributed by atoms with Crippen molar-refractivity contribution in [1.82, 2.24) is 15.0 Å². The molecule has 1 aliphatic carbocycles. The zero-order chi connectivity index (χ0) is 17.1. The van der Waals surface area contributed by atoms with E-state index in [1.165, 1.54) is 0 Å². The van der Waals surface area contributed by atoms with E-state index in [0.717, 1.165) is 24.0 Å². The van der Waals surface area contributed by atoms with Crippen LogP contribution >= 0.6 is 0 Å². The molecule has 1 unspecified atom stereocenters. The van der Waals surface area contributed by atoms with E-state index in [1.54, 1.807) is 20.8 Å². The summed E-state index contributed by atoms with van der Waals surface area (Å²) in [5, 5.41) is 0. The van der Waals surface area contributed by atoms with Crippen molar-refractivity contribution in [2.75, 3.05) is 0 Å². The molecule has 1 aliphatic rings. The number of nitrogens with one attached hydrogen (secondary N) is 3. The Kier molecular flexibility index (Phi) is 5.28. The highest BCUT2D eigenvalue weighted by molar-refractivity contribution is 7.87. The van der Waals surface area contributed by atoms with Crippen LogP contribution in [0.5, 0.6) is 0 Å². The summed E-state index contributed by atoms with van der Waals surface area (Å²) >= 11 is 0. The molecule has 2 rings (SSSR count). The molecule has 0 fully saturated rings. The van der Waals surface area contributed by atoms with Crippen molar-refractivity contribution in [3.63, 3.8) is 0 Å². The van der Waals surface area contributed by atoms with E-state index in [4.69, 9.17) is 4.74 Å². The zero-order valence-electron chi connectivity index (χ0n) is 13.5. The molecule has 0 saturated heterocycles. The lowest BCUT2D eigenvalue weighted by molar-refractivity contribution is 0.0514. The molecule has 23 heavy (non-hydrogen) atoms. The van der Waals surface area contributed by atoms with Crippen molar-refractivity contribution in [3.8, 4) is 0 Å². The minimum Gasteiger partial charge on any atom is -0.443 e. The standard InChI is InChI=1S/C15H23N3O4S/c1-15(2,3)22-14(19)16-18-23(20,21)17-13-10-6-8-11-7-4-5-9-12(11)13/h4-5,7,9,13,17-18H,6,8,10H2,1-3H3,(H,16,19). The van der Waals surface area contributed by atoms with Crippen LogP contribution in [0.4, 0.5) is 4.79 Å². The maximum Gasteiger partial charge on any atom is 0.423 e. The Hall–Kier alpha value is -1.64. The average molecular weight is 341 g/mol. The van der Waals surface area contributed by atoms with Crippen molar-refractivity contribution in [3.05, 3.63) is 35.4 Å². The molecule has 0 aliphatic heterocycles. The number of rotatable bonds is 4. The molecule has 1 amide bonds. The summed E-state index contributed by atoms with van der Waals surface area (Å²) in [6.45, 7) is 5.08. The highest BCUT2D eigenvalue weighted by Crippen LogP contribution is 2.29. The number of carbonyl (C=O) groups is 1. The van der Waals surface area contributed by atoms with Gasteiger partial charge in [0.25, 0.3) is 10.2 Å². The van der Waals surface area contributed by atoms with Gasteiger partial charge in [0.2, 0.25) is 0 Å². The Morgan fingerprint density at radius 1 is 1.26 bits per heavy atom. The predicted octanol–water partition coefficient (Wildman–Crippen LogP) is 1.93. The summed E-state index contributed by atoms with van der Waals surface area (Å²) in [6, 6.07) is 7.44. The molecule has 1 aromatic rings. The quantitative estimate of drug-likeness (QED) is 0.729. The van der Waals surface area contributed by atoms with Gasteiger partial charge in [0.15, 0.2) is 0 Å². The maximum absolute atomic E-state index is 12.1. The lowest BCUT2D eigenvalue weighted by atomic mass is 9.88. The smallest absolute Gasteiger partial charge is 0.423 e. The van der Waals surface area contributed by atoms with Crippen molar-refractivity contribution in [2.24, 2.45) is 0 Å². The zero-order valence-corrected chi connectivity index (χ0v) is 14.4. The number of hydrogen-bond acceptors (Lipinski definition) is 4. The summed E-state index contributed by atoms with van der Waals surface area (Å²) < 4.78 is 31.7. The third-order valence-electron chi connectivity index (χ3n) is 3.35. The van der Waals surface area contributed by atoms with Crippen LogP contribution in [0.1, 0.15) is 50.8 Å². The molecule has 0 heterocycles. The van der Waals surface area contributed by atoms with Gasteiger partial charge in [0, 0.05) is 6.04 Å². The van der Waals surface area contributed by atoms with Crippen LogP contribution < -0.4 is 15.0 Å². The minimum absolute atomic E-state index is 0.308. The second-order valence-corrected chi connectivity index (χ2v) is 7.94. The summed E-state index contributed by atoms with van der Waals surface area (Å²) in [7, 11) is -3.89. The van der Waals surface area contributed by atoms with Gasteiger partial charge in [-0.05, 0) is 51.2 Å². The molecule has 0 radical (unpaired) electrons. The molecule has 1 aromatic carbocycles. The lowest BCUT2D eigenvalue weighted by Crippen LogP contribution is -2.49. The largest absolute Gasteiger partial charge is 0.443 e. The van der Waals surface area contributed by atoms with Crippen LogP contribution in [0, 0.1) is 0 Å². The summed E-state index contributed by atoms with van der Waals surface area (Å²) in [5.41, 5.74) is 3.45. The molecular weight excluding hydrogens is 318 g/mol. The second kappa shape index (κ2) is 6.86.